The van der Waals surface area contributed by atoms with E-state index in [1.54, 1.807) is 12.1 Å². The van der Waals surface area contributed by atoms with Crippen molar-refractivity contribution in [2.45, 2.75) is 0 Å². The number of halogens is 1. The lowest BCUT2D eigenvalue weighted by atomic mass is 10.0. The molecule has 0 aliphatic rings. The number of hydrogen-bond acceptors (Lipinski definition) is 4. The molecule has 5 heteroatoms. The summed E-state index contributed by atoms with van der Waals surface area (Å²) in [5, 5.41) is 8.98. The van der Waals surface area contributed by atoms with Crippen LogP contribution < -0.4 is 5.32 Å². The number of nitrogens with one attached hydrogen (secondary N) is 1. The fraction of sp³-hybridized carbons (Fsp3) is 0. The molecule has 140 valence electrons. The highest BCUT2D eigenvalue weighted by Gasteiger charge is 2.13. The summed E-state index contributed by atoms with van der Waals surface area (Å²) >= 11 is 6.71. The van der Waals surface area contributed by atoms with Crippen molar-refractivity contribution in [1.29, 1.82) is 0 Å². The van der Waals surface area contributed by atoms with E-state index in [9.17, 15) is 4.91 Å². The number of fused-ring (bicyclic) bond motifs is 3. The predicted molar refractivity (Wildman–Crippen MR) is 119 cm³/mol. The standard InChI is InChI=1S/C24H15ClN2O2/c25-24-20(13-14-22-23(24)18-6-2-4-8-21(18)29-22)26-16-11-9-15(10-12-16)17-5-1-3-7-19(17)27-28/h1-14,26H. The van der Waals surface area contributed by atoms with E-state index in [2.05, 4.69) is 10.5 Å². The molecule has 5 rings (SSSR count). The van der Waals surface area contributed by atoms with E-state index < -0.39 is 0 Å². The molecule has 0 fully saturated rings. The van der Waals surface area contributed by atoms with Gasteiger partial charge in [0.15, 0.2) is 0 Å². The summed E-state index contributed by atoms with van der Waals surface area (Å²) in [5.41, 5.74) is 5.41. The molecular weight excluding hydrogens is 384 g/mol. The molecule has 0 amide bonds. The maximum atomic E-state index is 11.0. The van der Waals surface area contributed by atoms with Gasteiger partial charge in [-0.2, -0.15) is 0 Å². The summed E-state index contributed by atoms with van der Waals surface area (Å²) < 4.78 is 5.88. The molecule has 29 heavy (non-hydrogen) atoms. The topological polar surface area (TPSA) is 54.6 Å². The molecule has 4 aromatic carbocycles. The van der Waals surface area contributed by atoms with Crippen molar-refractivity contribution in [3.8, 4) is 11.1 Å². The minimum Gasteiger partial charge on any atom is -0.456 e. The SMILES string of the molecule is O=Nc1ccccc1-c1ccc(Nc2ccc3oc4ccccc4c3c2Cl)cc1. The number of anilines is 2. The number of rotatable bonds is 4. The minimum atomic E-state index is 0.425. The van der Waals surface area contributed by atoms with Crippen LogP contribution in [0, 0.1) is 4.91 Å². The second kappa shape index (κ2) is 7.08. The van der Waals surface area contributed by atoms with Gasteiger partial charge in [0.05, 0.1) is 10.7 Å². The van der Waals surface area contributed by atoms with Crippen LogP contribution in [0.5, 0.6) is 0 Å². The zero-order chi connectivity index (χ0) is 19.8. The molecule has 1 aromatic heterocycles. The molecule has 0 aliphatic carbocycles. The largest absolute Gasteiger partial charge is 0.456 e. The molecule has 0 atom stereocenters. The average Bonchev–Trinajstić information content (AvgIpc) is 3.15. The van der Waals surface area contributed by atoms with Crippen LogP contribution in [0.1, 0.15) is 0 Å². The van der Waals surface area contributed by atoms with Crippen LogP contribution in [0.4, 0.5) is 17.1 Å². The van der Waals surface area contributed by atoms with Crippen LogP contribution in [-0.4, -0.2) is 0 Å². The summed E-state index contributed by atoms with van der Waals surface area (Å²) in [7, 11) is 0. The van der Waals surface area contributed by atoms with E-state index in [0.29, 0.717) is 10.7 Å². The van der Waals surface area contributed by atoms with Crippen LogP contribution in [0.15, 0.2) is 94.5 Å². The maximum Gasteiger partial charge on any atom is 0.137 e. The molecule has 0 aliphatic heterocycles. The molecule has 4 nitrogen and oxygen atoms in total. The van der Waals surface area contributed by atoms with Gasteiger partial charge in [-0.15, -0.1) is 4.91 Å². The summed E-state index contributed by atoms with van der Waals surface area (Å²) in [4.78, 5) is 11.0. The Kier molecular flexibility index (Phi) is 4.26. The van der Waals surface area contributed by atoms with Gasteiger partial charge in [0.25, 0.3) is 0 Å². The number of nitroso groups, excluding NO2 is 1. The Labute approximate surface area is 171 Å². The average molecular weight is 399 g/mol. The first-order chi connectivity index (χ1) is 14.2. The van der Waals surface area contributed by atoms with Gasteiger partial charge in [-0.05, 0) is 47.1 Å². The van der Waals surface area contributed by atoms with Crippen molar-refractivity contribution in [3.05, 3.63) is 94.9 Å². The Hall–Kier alpha value is -3.63. The van der Waals surface area contributed by atoms with Crippen LogP contribution >= 0.6 is 11.6 Å². The molecule has 0 unspecified atom stereocenters. The Morgan fingerprint density at radius 1 is 0.793 bits per heavy atom. The molecule has 0 saturated heterocycles. The van der Waals surface area contributed by atoms with Gasteiger partial charge in [0.1, 0.15) is 16.9 Å². The summed E-state index contributed by atoms with van der Waals surface area (Å²) in [6.07, 6.45) is 0. The van der Waals surface area contributed by atoms with Gasteiger partial charge in [-0.3, -0.25) is 0 Å². The molecular formula is C24H15ClN2O2. The van der Waals surface area contributed by atoms with Gasteiger partial charge < -0.3 is 9.73 Å². The number of furan rings is 1. The highest BCUT2D eigenvalue weighted by molar-refractivity contribution is 6.40. The highest BCUT2D eigenvalue weighted by Crippen LogP contribution is 2.39. The van der Waals surface area contributed by atoms with E-state index in [0.717, 1.165) is 44.4 Å². The fourth-order valence-corrected chi connectivity index (χ4v) is 3.86. The first-order valence-electron chi connectivity index (χ1n) is 9.14. The first-order valence-corrected chi connectivity index (χ1v) is 9.52. The molecule has 0 saturated carbocycles. The number of hydrogen-bond donors (Lipinski definition) is 1. The minimum absolute atomic E-state index is 0.425. The fourth-order valence-electron chi connectivity index (χ4n) is 3.56. The first kappa shape index (κ1) is 17.5. The number of nitrogens with zero attached hydrogens (tertiary/aromatic N) is 1. The van der Waals surface area contributed by atoms with E-state index in [-0.39, 0.29) is 0 Å². The van der Waals surface area contributed by atoms with E-state index in [1.807, 2.05) is 72.8 Å². The van der Waals surface area contributed by atoms with Crippen molar-refractivity contribution < 1.29 is 4.42 Å². The van der Waals surface area contributed by atoms with Gasteiger partial charge in [0, 0.05) is 22.0 Å². The van der Waals surface area contributed by atoms with Crippen molar-refractivity contribution in [1.82, 2.24) is 0 Å². The second-order valence-electron chi connectivity index (χ2n) is 6.71. The molecule has 0 radical (unpaired) electrons. The quantitative estimate of drug-likeness (QED) is 0.311. The van der Waals surface area contributed by atoms with Crippen LogP contribution in [0.3, 0.4) is 0 Å². The smallest absolute Gasteiger partial charge is 0.137 e. The van der Waals surface area contributed by atoms with E-state index in [1.165, 1.54) is 0 Å². The van der Waals surface area contributed by atoms with Crippen LogP contribution in [-0.2, 0) is 0 Å². The second-order valence-corrected chi connectivity index (χ2v) is 7.09. The maximum absolute atomic E-state index is 11.0. The number of para-hydroxylation sites is 1. The van der Waals surface area contributed by atoms with E-state index >= 15 is 0 Å². The number of benzene rings is 4. The Morgan fingerprint density at radius 3 is 2.38 bits per heavy atom. The lowest BCUT2D eigenvalue weighted by molar-refractivity contribution is 0.669. The molecule has 1 N–H and O–H groups in total. The Bertz CT molecular complexity index is 1360. The third-order valence-electron chi connectivity index (χ3n) is 4.96. The highest BCUT2D eigenvalue weighted by atomic mass is 35.5. The van der Waals surface area contributed by atoms with Crippen LogP contribution in [0.25, 0.3) is 33.1 Å². The van der Waals surface area contributed by atoms with Gasteiger partial charge >= 0.3 is 0 Å². The normalized spacial score (nSPS) is 11.1. The zero-order valence-corrected chi connectivity index (χ0v) is 16.0. The molecule has 0 spiro atoms. The third-order valence-corrected chi connectivity index (χ3v) is 5.35. The van der Waals surface area contributed by atoms with Crippen molar-refractivity contribution in [3.63, 3.8) is 0 Å². The van der Waals surface area contributed by atoms with Gasteiger partial charge in [-0.25, -0.2) is 0 Å². The van der Waals surface area contributed by atoms with Crippen molar-refractivity contribution in [2.24, 2.45) is 5.18 Å². The van der Waals surface area contributed by atoms with E-state index in [4.69, 9.17) is 16.0 Å². The molecule has 0 bridgehead atoms. The monoisotopic (exact) mass is 398 g/mol. The third kappa shape index (κ3) is 3.04. The van der Waals surface area contributed by atoms with Crippen molar-refractivity contribution >= 4 is 50.6 Å². The predicted octanol–water partition coefficient (Wildman–Crippen LogP) is 8.05. The molecule has 1 heterocycles. The lowest BCUT2D eigenvalue weighted by Crippen LogP contribution is -1.91. The molecule has 5 aromatic rings. The van der Waals surface area contributed by atoms with Gasteiger partial charge in [0.2, 0.25) is 0 Å². The zero-order valence-electron chi connectivity index (χ0n) is 15.2. The summed E-state index contributed by atoms with van der Waals surface area (Å²) in [5.74, 6) is 0. The summed E-state index contributed by atoms with van der Waals surface area (Å²) in [6, 6.07) is 26.8. The van der Waals surface area contributed by atoms with Gasteiger partial charge in [-0.1, -0.05) is 60.1 Å². The Morgan fingerprint density at radius 2 is 1.55 bits per heavy atom. The lowest BCUT2D eigenvalue weighted by Gasteiger charge is -2.10. The van der Waals surface area contributed by atoms with Crippen molar-refractivity contribution in [2.75, 3.05) is 5.32 Å². The summed E-state index contributed by atoms with van der Waals surface area (Å²) in [6.45, 7) is 0. The van der Waals surface area contributed by atoms with Crippen LogP contribution in [0.2, 0.25) is 5.02 Å². The Balaban J connectivity index is 1.50.